The molecule has 1 fully saturated rings. The van der Waals surface area contributed by atoms with Crippen LogP contribution in [0, 0.1) is 0 Å². The zero-order valence-electron chi connectivity index (χ0n) is 14.1. The van der Waals surface area contributed by atoms with Gasteiger partial charge in [-0.05, 0) is 25.3 Å². The molecular formula is C17H23N5OS. The smallest absolute Gasteiger partial charge is 0.235 e. The number of carbonyl (C=O) groups excluding carboxylic acids is 1. The van der Waals surface area contributed by atoms with Crippen LogP contribution in [0.25, 0.3) is 10.9 Å². The minimum atomic E-state index is 0.0279. The van der Waals surface area contributed by atoms with E-state index < -0.39 is 0 Å². The highest BCUT2D eigenvalue weighted by Crippen LogP contribution is 2.18. The van der Waals surface area contributed by atoms with E-state index in [0.717, 1.165) is 42.9 Å². The first kappa shape index (κ1) is 17.0. The van der Waals surface area contributed by atoms with Gasteiger partial charge in [-0.15, -0.1) is 0 Å². The molecule has 2 heterocycles. The normalized spacial score (nSPS) is 17.2. The molecule has 24 heavy (non-hydrogen) atoms. The molecule has 1 amide bonds. The molecule has 128 valence electrons. The molecule has 0 saturated carbocycles. The molecule has 2 aromatic rings. The highest BCUT2D eigenvalue weighted by Gasteiger charge is 2.24. The summed E-state index contributed by atoms with van der Waals surface area (Å²) in [5, 5.41) is 0.919. The van der Waals surface area contributed by atoms with Crippen LogP contribution in [0.15, 0.2) is 24.3 Å². The van der Waals surface area contributed by atoms with Gasteiger partial charge in [0.2, 0.25) is 5.91 Å². The van der Waals surface area contributed by atoms with Gasteiger partial charge in [0.15, 0.2) is 0 Å². The first-order valence-electron chi connectivity index (χ1n) is 8.13. The standard InChI is InChI=1S/C17H23N5OS/c1-12(24-2)17(23)22-9-7-21(8-10-22)11-15-19-14-6-4-3-5-13(14)16(18)20-15/h3-6,12H,7-11H2,1-2H3,(H2,18,19,20)/t12-/m0/s1. The molecular weight excluding hydrogens is 322 g/mol. The van der Waals surface area contributed by atoms with E-state index in [0.29, 0.717) is 12.4 Å². The number of piperazine rings is 1. The van der Waals surface area contributed by atoms with Crippen molar-refractivity contribution in [2.24, 2.45) is 0 Å². The third kappa shape index (κ3) is 3.62. The second kappa shape index (κ2) is 7.36. The first-order chi connectivity index (χ1) is 11.6. The van der Waals surface area contributed by atoms with Crippen LogP contribution < -0.4 is 5.73 Å². The Morgan fingerprint density at radius 2 is 1.96 bits per heavy atom. The van der Waals surface area contributed by atoms with Gasteiger partial charge < -0.3 is 10.6 Å². The predicted octanol–water partition coefficient (Wildman–Crippen LogP) is 1.61. The van der Waals surface area contributed by atoms with Gasteiger partial charge >= 0.3 is 0 Å². The number of amides is 1. The fourth-order valence-corrected chi connectivity index (χ4v) is 3.26. The van der Waals surface area contributed by atoms with Gasteiger partial charge in [0.1, 0.15) is 11.6 Å². The van der Waals surface area contributed by atoms with E-state index in [1.807, 2.05) is 42.3 Å². The average molecular weight is 345 g/mol. The van der Waals surface area contributed by atoms with Crippen molar-refractivity contribution in [1.29, 1.82) is 0 Å². The van der Waals surface area contributed by atoms with Gasteiger partial charge in [-0.25, -0.2) is 9.97 Å². The number of nitrogen functional groups attached to an aromatic ring is 1. The third-order valence-electron chi connectivity index (χ3n) is 4.43. The fraction of sp³-hybridized carbons (Fsp3) is 0.471. The summed E-state index contributed by atoms with van der Waals surface area (Å²) in [5.74, 6) is 1.50. The fourth-order valence-electron chi connectivity index (χ4n) is 2.91. The van der Waals surface area contributed by atoms with Crippen LogP contribution >= 0.6 is 11.8 Å². The number of fused-ring (bicyclic) bond motifs is 1. The van der Waals surface area contributed by atoms with Crippen molar-refractivity contribution in [2.45, 2.75) is 18.7 Å². The van der Waals surface area contributed by atoms with Crippen molar-refractivity contribution < 1.29 is 4.79 Å². The number of aromatic nitrogens is 2. The van der Waals surface area contributed by atoms with E-state index in [4.69, 9.17) is 5.73 Å². The molecule has 1 aromatic heterocycles. The maximum absolute atomic E-state index is 12.2. The first-order valence-corrected chi connectivity index (χ1v) is 9.42. The van der Waals surface area contributed by atoms with Gasteiger partial charge in [-0.3, -0.25) is 9.69 Å². The van der Waals surface area contributed by atoms with E-state index in [1.165, 1.54) is 0 Å². The SMILES string of the molecule is CS[C@@H](C)C(=O)N1CCN(Cc2nc(N)c3ccccc3n2)CC1. The van der Waals surface area contributed by atoms with Crippen LogP contribution in [0.4, 0.5) is 5.82 Å². The Bertz CT molecular complexity index is 730. The quantitative estimate of drug-likeness (QED) is 0.907. The number of rotatable bonds is 4. The lowest BCUT2D eigenvalue weighted by Crippen LogP contribution is -2.50. The van der Waals surface area contributed by atoms with Crippen molar-refractivity contribution in [3.05, 3.63) is 30.1 Å². The van der Waals surface area contributed by atoms with Crippen LogP contribution in [-0.2, 0) is 11.3 Å². The third-order valence-corrected chi connectivity index (χ3v) is 5.34. The number of nitrogens with two attached hydrogens (primary N) is 1. The van der Waals surface area contributed by atoms with Crippen LogP contribution in [-0.4, -0.2) is 63.4 Å². The Hall–Kier alpha value is -1.86. The molecule has 1 atom stereocenters. The predicted molar refractivity (Wildman–Crippen MR) is 98.8 cm³/mol. The lowest BCUT2D eigenvalue weighted by molar-refractivity contribution is -0.132. The molecule has 6 nitrogen and oxygen atoms in total. The monoisotopic (exact) mass is 345 g/mol. The topological polar surface area (TPSA) is 75.4 Å². The summed E-state index contributed by atoms with van der Waals surface area (Å²) in [6, 6.07) is 7.78. The summed E-state index contributed by atoms with van der Waals surface area (Å²) in [4.78, 5) is 25.5. The lowest BCUT2D eigenvalue weighted by Gasteiger charge is -2.35. The van der Waals surface area contributed by atoms with E-state index in [2.05, 4.69) is 14.9 Å². The average Bonchev–Trinajstić information content (AvgIpc) is 2.61. The van der Waals surface area contributed by atoms with E-state index in [1.54, 1.807) is 11.8 Å². The van der Waals surface area contributed by atoms with E-state index >= 15 is 0 Å². The van der Waals surface area contributed by atoms with Crippen LogP contribution in [0.3, 0.4) is 0 Å². The number of hydrogen-bond donors (Lipinski definition) is 1. The summed E-state index contributed by atoms with van der Waals surface area (Å²) in [5.41, 5.74) is 6.93. The Labute approximate surface area is 146 Å². The summed E-state index contributed by atoms with van der Waals surface area (Å²) in [6.07, 6.45) is 1.97. The molecule has 2 N–H and O–H groups in total. The lowest BCUT2D eigenvalue weighted by atomic mass is 10.2. The molecule has 0 spiro atoms. The molecule has 7 heteroatoms. The van der Waals surface area contributed by atoms with Gasteiger partial charge in [0.05, 0.1) is 17.3 Å². The van der Waals surface area contributed by atoms with Crippen LogP contribution in [0.2, 0.25) is 0 Å². The van der Waals surface area contributed by atoms with Crippen molar-refractivity contribution in [3.8, 4) is 0 Å². The maximum atomic E-state index is 12.2. The largest absolute Gasteiger partial charge is 0.383 e. The number of para-hydroxylation sites is 1. The molecule has 1 saturated heterocycles. The molecule has 0 radical (unpaired) electrons. The van der Waals surface area contributed by atoms with Gasteiger partial charge in [-0.2, -0.15) is 11.8 Å². The van der Waals surface area contributed by atoms with Gasteiger partial charge in [-0.1, -0.05) is 12.1 Å². The Kier molecular flexibility index (Phi) is 5.20. The summed E-state index contributed by atoms with van der Waals surface area (Å²) in [7, 11) is 0. The number of thioether (sulfide) groups is 1. The molecule has 1 aliphatic rings. The molecule has 1 aromatic carbocycles. The number of anilines is 1. The summed E-state index contributed by atoms with van der Waals surface area (Å²) in [6.45, 7) is 5.81. The van der Waals surface area contributed by atoms with Crippen molar-refractivity contribution in [1.82, 2.24) is 19.8 Å². The Balaban J connectivity index is 1.63. The summed E-state index contributed by atoms with van der Waals surface area (Å²) >= 11 is 1.59. The number of hydrogen-bond acceptors (Lipinski definition) is 6. The van der Waals surface area contributed by atoms with Gasteiger partial charge in [0.25, 0.3) is 0 Å². The number of carbonyl (C=O) groups is 1. The highest BCUT2D eigenvalue weighted by atomic mass is 32.2. The molecule has 0 aliphatic carbocycles. The zero-order valence-corrected chi connectivity index (χ0v) is 14.9. The number of nitrogens with zero attached hydrogens (tertiary/aromatic N) is 4. The Morgan fingerprint density at radius 3 is 2.67 bits per heavy atom. The van der Waals surface area contributed by atoms with Crippen LogP contribution in [0.5, 0.6) is 0 Å². The zero-order chi connectivity index (χ0) is 17.1. The Morgan fingerprint density at radius 1 is 1.25 bits per heavy atom. The molecule has 0 bridgehead atoms. The van der Waals surface area contributed by atoms with Gasteiger partial charge in [0, 0.05) is 31.6 Å². The second-order valence-electron chi connectivity index (χ2n) is 6.02. The molecule has 1 aliphatic heterocycles. The number of benzene rings is 1. The molecule has 3 rings (SSSR count). The maximum Gasteiger partial charge on any atom is 0.235 e. The minimum absolute atomic E-state index is 0.0279. The van der Waals surface area contributed by atoms with Crippen LogP contribution in [0.1, 0.15) is 12.7 Å². The molecule has 0 unspecified atom stereocenters. The van der Waals surface area contributed by atoms with Crippen molar-refractivity contribution >= 4 is 34.4 Å². The van der Waals surface area contributed by atoms with E-state index in [-0.39, 0.29) is 11.2 Å². The minimum Gasteiger partial charge on any atom is -0.383 e. The van der Waals surface area contributed by atoms with Crippen molar-refractivity contribution in [3.63, 3.8) is 0 Å². The summed E-state index contributed by atoms with van der Waals surface area (Å²) < 4.78 is 0. The van der Waals surface area contributed by atoms with Crippen molar-refractivity contribution in [2.75, 3.05) is 38.2 Å². The second-order valence-corrected chi connectivity index (χ2v) is 7.20. The highest BCUT2D eigenvalue weighted by molar-refractivity contribution is 7.99. The van der Waals surface area contributed by atoms with E-state index in [9.17, 15) is 4.79 Å².